The zero-order valence-electron chi connectivity index (χ0n) is 12.4. The maximum absolute atomic E-state index is 13.1. The first-order chi connectivity index (χ1) is 10.2. The topological polar surface area (TPSA) is 20.3 Å². The first-order valence-corrected chi connectivity index (χ1v) is 8.62. The highest BCUT2D eigenvalue weighted by atomic mass is 35.5. The lowest BCUT2D eigenvalue weighted by Gasteiger charge is -2.23. The number of carbonyl (C=O) groups is 1. The van der Waals surface area contributed by atoms with Gasteiger partial charge in [-0.15, -0.1) is 0 Å². The smallest absolute Gasteiger partial charge is 0.233 e. The molecule has 2 atom stereocenters. The Labute approximate surface area is 131 Å². The Kier molecular flexibility index (Phi) is 3.25. The molecule has 21 heavy (non-hydrogen) atoms. The lowest BCUT2D eigenvalue weighted by atomic mass is 9.82. The molecule has 0 N–H and O–H groups in total. The predicted octanol–water partition coefficient (Wildman–Crippen LogP) is 4.02. The van der Waals surface area contributed by atoms with Crippen molar-refractivity contribution in [3.05, 3.63) is 34.9 Å². The number of carbonyl (C=O) groups excluding carboxylic acids is 1. The number of nitrogens with zero attached hydrogens (tertiary/aromatic N) is 1. The quantitative estimate of drug-likeness (QED) is 0.808. The first-order valence-electron chi connectivity index (χ1n) is 8.24. The van der Waals surface area contributed by atoms with Crippen LogP contribution in [0.5, 0.6) is 0 Å². The third-order valence-corrected chi connectivity index (χ3v) is 6.07. The van der Waals surface area contributed by atoms with Crippen molar-refractivity contribution in [3.8, 4) is 0 Å². The van der Waals surface area contributed by atoms with E-state index in [2.05, 4.69) is 4.90 Å². The standard InChI is InChI=1S/C18H22ClNO/c19-16-7-5-15(6-8-16)18(9-10-18)17(21)20-11-13-3-1-2-4-14(13)12-20/h5-8,13-14H,1-4,9-12H2. The highest BCUT2D eigenvalue weighted by Crippen LogP contribution is 2.51. The Balaban J connectivity index is 1.53. The molecule has 1 heterocycles. The second-order valence-corrected chi connectivity index (χ2v) is 7.54. The van der Waals surface area contributed by atoms with Crippen molar-refractivity contribution in [2.75, 3.05) is 13.1 Å². The Morgan fingerprint density at radius 3 is 2.14 bits per heavy atom. The number of fused-ring (bicyclic) bond motifs is 1. The van der Waals surface area contributed by atoms with Crippen molar-refractivity contribution in [1.29, 1.82) is 0 Å². The monoisotopic (exact) mass is 303 g/mol. The molecule has 1 aromatic rings. The molecule has 2 saturated carbocycles. The molecule has 3 aliphatic rings. The fraction of sp³-hybridized carbons (Fsp3) is 0.611. The molecule has 2 aliphatic carbocycles. The molecule has 3 heteroatoms. The third-order valence-electron chi connectivity index (χ3n) is 5.82. The molecule has 2 unspecified atom stereocenters. The summed E-state index contributed by atoms with van der Waals surface area (Å²) in [6, 6.07) is 7.90. The molecule has 1 amide bonds. The molecule has 1 aliphatic heterocycles. The van der Waals surface area contributed by atoms with Crippen LogP contribution in [0.1, 0.15) is 44.1 Å². The summed E-state index contributed by atoms with van der Waals surface area (Å²) in [6.45, 7) is 2.00. The molecule has 0 spiro atoms. The van der Waals surface area contributed by atoms with Crippen molar-refractivity contribution in [2.45, 2.75) is 43.9 Å². The number of amides is 1. The Hall–Kier alpha value is -1.02. The van der Waals surface area contributed by atoms with Gasteiger partial charge in [-0.25, -0.2) is 0 Å². The SMILES string of the molecule is O=C(N1CC2CCCCC2C1)C1(c2ccc(Cl)cc2)CC1. The largest absolute Gasteiger partial charge is 0.341 e. The van der Waals surface area contributed by atoms with E-state index in [0.29, 0.717) is 5.91 Å². The molecule has 0 radical (unpaired) electrons. The third kappa shape index (κ3) is 2.28. The highest BCUT2D eigenvalue weighted by Gasteiger charge is 2.54. The summed E-state index contributed by atoms with van der Waals surface area (Å²) >= 11 is 5.98. The molecule has 0 bridgehead atoms. The summed E-state index contributed by atoms with van der Waals surface area (Å²) in [6.07, 6.45) is 7.35. The van der Waals surface area contributed by atoms with Gasteiger partial charge in [-0.1, -0.05) is 36.6 Å². The van der Waals surface area contributed by atoms with Gasteiger partial charge in [0.15, 0.2) is 0 Å². The molecule has 112 valence electrons. The maximum Gasteiger partial charge on any atom is 0.233 e. The summed E-state index contributed by atoms with van der Waals surface area (Å²) in [7, 11) is 0. The molecule has 1 saturated heterocycles. The van der Waals surface area contributed by atoms with Gasteiger partial charge in [-0.2, -0.15) is 0 Å². The number of rotatable bonds is 2. The van der Waals surface area contributed by atoms with Crippen molar-refractivity contribution in [2.24, 2.45) is 11.8 Å². The van der Waals surface area contributed by atoms with Gasteiger partial charge in [-0.3, -0.25) is 4.79 Å². The van der Waals surface area contributed by atoms with Gasteiger partial charge >= 0.3 is 0 Å². The Morgan fingerprint density at radius 2 is 1.62 bits per heavy atom. The normalized spacial score (nSPS) is 30.0. The zero-order chi connectivity index (χ0) is 14.4. The minimum atomic E-state index is -0.224. The number of hydrogen-bond acceptors (Lipinski definition) is 1. The van der Waals surface area contributed by atoms with Crippen molar-refractivity contribution in [3.63, 3.8) is 0 Å². The molecule has 0 aromatic heterocycles. The van der Waals surface area contributed by atoms with Crippen LogP contribution in [0.15, 0.2) is 24.3 Å². The Morgan fingerprint density at radius 1 is 1.05 bits per heavy atom. The van der Waals surface area contributed by atoms with Crippen LogP contribution in [0.25, 0.3) is 0 Å². The lowest BCUT2D eigenvalue weighted by molar-refractivity contribution is -0.133. The van der Waals surface area contributed by atoms with Crippen LogP contribution in [-0.4, -0.2) is 23.9 Å². The highest BCUT2D eigenvalue weighted by molar-refractivity contribution is 6.30. The molecule has 2 nitrogen and oxygen atoms in total. The van der Waals surface area contributed by atoms with Crippen LogP contribution in [0.2, 0.25) is 5.02 Å². The van der Waals surface area contributed by atoms with Crippen LogP contribution in [-0.2, 0) is 10.2 Å². The van der Waals surface area contributed by atoms with Crippen LogP contribution >= 0.6 is 11.6 Å². The molecular formula is C18H22ClNO. The van der Waals surface area contributed by atoms with E-state index in [-0.39, 0.29) is 5.41 Å². The maximum atomic E-state index is 13.1. The summed E-state index contributed by atoms with van der Waals surface area (Å²) in [5.74, 6) is 1.91. The molecule has 3 fully saturated rings. The van der Waals surface area contributed by atoms with Gasteiger partial charge in [0.2, 0.25) is 5.91 Å². The minimum Gasteiger partial charge on any atom is -0.341 e. The van der Waals surface area contributed by atoms with Gasteiger partial charge in [0, 0.05) is 18.1 Å². The number of likely N-dealkylation sites (tertiary alicyclic amines) is 1. The average Bonchev–Trinajstić information content (AvgIpc) is 3.19. The number of halogens is 1. The van der Waals surface area contributed by atoms with Gasteiger partial charge in [0.05, 0.1) is 5.41 Å². The average molecular weight is 304 g/mol. The van der Waals surface area contributed by atoms with E-state index in [1.807, 2.05) is 24.3 Å². The van der Waals surface area contributed by atoms with Crippen LogP contribution in [0.3, 0.4) is 0 Å². The second-order valence-electron chi connectivity index (χ2n) is 7.10. The second kappa shape index (κ2) is 5.01. The first kappa shape index (κ1) is 13.6. The minimum absolute atomic E-state index is 0.224. The predicted molar refractivity (Wildman–Crippen MR) is 84.4 cm³/mol. The zero-order valence-corrected chi connectivity index (χ0v) is 13.1. The van der Waals surface area contributed by atoms with E-state index in [1.165, 1.54) is 25.7 Å². The van der Waals surface area contributed by atoms with Gasteiger partial charge in [0.1, 0.15) is 0 Å². The number of benzene rings is 1. The summed E-state index contributed by atoms with van der Waals surface area (Å²) in [4.78, 5) is 15.2. The summed E-state index contributed by atoms with van der Waals surface area (Å²) in [5.41, 5.74) is 0.935. The fourth-order valence-corrected chi connectivity index (χ4v) is 4.52. The van der Waals surface area contributed by atoms with E-state index >= 15 is 0 Å². The van der Waals surface area contributed by atoms with E-state index < -0.39 is 0 Å². The van der Waals surface area contributed by atoms with Crippen LogP contribution in [0.4, 0.5) is 0 Å². The molecular weight excluding hydrogens is 282 g/mol. The van der Waals surface area contributed by atoms with Crippen molar-refractivity contribution in [1.82, 2.24) is 4.90 Å². The van der Waals surface area contributed by atoms with Crippen molar-refractivity contribution < 1.29 is 4.79 Å². The van der Waals surface area contributed by atoms with Crippen LogP contribution in [0, 0.1) is 11.8 Å². The molecule has 1 aromatic carbocycles. The van der Waals surface area contributed by atoms with E-state index in [4.69, 9.17) is 11.6 Å². The number of hydrogen-bond donors (Lipinski definition) is 0. The Bertz CT molecular complexity index is 535. The van der Waals surface area contributed by atoms with Crippen LogP contribution < -0.4 is 0 Å². The molecule has 4 rings (SSSR count). The van der Waals surface area contributed by atoms with E-state index in [1.54, 1.807) is 0 Å². The summed E-state index contributed by atoms with van der Waals surface area (Å²) in [5, 5.41) is 0.745. The van der Waals surface area contributed by atoms with Gasteiger partial charge in [0.25, 0.3) is 0 Å². The van der Waals surface area contributed by atoms with Gasteiger partial charge < -0.3 is 4.90 Å². The van der Waals surface area contributed by atoms with Gasteiger partial charge in [-0.05, 0) is 55.2 Å². The lowest BCUT2D eigenvalue weighted by Crippen LogP contribution is -2.38. The summed E-state index contributed by atoms with van der Waals surface area (Å²) < 4.78 is 0. The van der Waals surface area contributed by atoms with E-state index in [9.17, 15) is 4.79 Å². The van der Waals surface area contributed by atoms with Crippen molar-refractivity contribution >= 4 is 17.5 Å². The van der Waals surface area contributed by atoms with E-state index in [0.717, 1.165) is 48.4 Å². The fourth-order valence-electron chi connectivity index (χ4n) is 4.39.